The second kappa shape index (κ2) is 7.27. The second-order valence-electron chi connectivity index (χ2n) is 4.53. The summed E-state index contributed by atoms with van der Waals surface area (Å²) >= 11 is 1.52. The summed E-state index contributed by atoms with van der Waals surface area (Å²) in [6.07, 6.45) is 0. The van der Waals surface area contributed by atoms with Gasteiger partial charge in [-0.15, -0.1) is 11.8 Å². The summed E-state index contributed by atoms with van der Waals surface area (Å²) in [4.78, 5) is 0.280. The minimum Gasteiger partial charge on any atom is -0.383 e. The molecular formula is C15H14F3NO2S2. The SMILES string of the molecule is O=S(=O)(c1ccccc1NCCSc1ccccc1)C(F)(F)F. The minimum atomic E-state index is -5.37. The van der Waals surface area contributed by atoms with Gasteiger partial charge in [-0.25, -0.2) is 8.42 Å². The topological polar surface area (TPSA) is 46.2 Å². The van der Waals surface area contributed by atoms with E-state index in [-0.39, 0.29) is 5.69 Å². The molecule has 0 atom stereocenters. The van der Waals surface area contributed by atoms with Crippen LogP contribution in [-0.2, 0) is 9.84 Å². The molecule has 2 aromatic rings. The molecule has 0 unspecified atom stereocenters. The largest absolute Gasteiger partial charge is 0.501 e. The summed E-state index contributed by atoms with van der Waals surface area (Å²) in [7, 11) is -5.37. The maximum atomic E-state index is 12.7. The first-order chi connectivity index (χ1) is 10.8. The zero-order chi connectivity index (χ0) is 16.9. The lowest BCUT2D eigenvalue weighted by atomic mass is 10.3. The van der Waals surface area contributed by atoms with E-state index in [1.54, 1.807) is 0 Å². The van der Waals surface area contributed by atoms with Crippen LogP contribution < -0.4 is 5.32 Å². The standard InChI is InChI=1S/C15H14F3NO2S2/c16-15(17,18)23(20,21)14-9-5-4-8-13(14)19-10-11-22-12-6-2-1-3-7-12/h1-9,19H,10-11H2. The molecule has 0 spiro atoms. The highest BCUT2D eigenvalue weighted by molar-refractivity contribution is 7.99. The first-order valence-electron chi connectivity index (χ1n) is 6.64. The first-order valence-corrected chi connectivity index (χ1v) is 9.11. The number of para-hydroxylation sites is 1. The van der Waals surface area contributed by atoms with E-state index in [2.05, 4.69) is 5.32 Å². The number of hydrogen-bond acceptors (Lipinski definition) is 4. The van der Waals surface area contributed by atoms with Crippen LogP contribution in [0.4, 0.5) is 18.9 Å². The molecule has 0 bridgehead atoms. The van der Waals surface area contributed by atoms with Crippen LogP contribution in [-0.4, -0.2) is 26.2 Å². The van der Waals surface area contributed by atoms with Crippen molar-refractivity contribution in [3.63, 3.8) is 0 Å². The number of sulfone groups is 1. The van der Waals surface area contributed by atoms with Gasteiger partial charge in [0.05, 0.1) is 10.6 Å². The first kappa shape index (κ1) is 17.7. The molecule has 0 heterocycles. The number of hydrogen-bond donors (Lipinski definition) is 1. The molecule has 1 N–H and O–H groups in total. The van der Waals surface area contributed by atoms with Gasteiger partial charge in [-0.2, -0.15) is 13.2 Å². The molecule has 0 aromatic heterocycles. The van der Waals surface area contributed by atoms with Crippen LogP contribution in [0, 0.1) is 0 Å². The Labute approximate surface area is 136 Å². The van der Waals surface area contributed by atoms with Crippen LogP contribution in [0.2, 0.25) is 0 Å². The molecular weight excluding hydrogens is 347 g/mol. The Kier molecular flexibility index (Phi) is 5.59. The van der Waals surface area contributed by atoms with Gasteiger partial charge < -0.3 is 5.32 Å². The van der Waals surface area contributed by atoms with E-state index in [1.165, 1.54) is 30.0 Å². The van der Waals surface area contributed by atoms with E-state index in [4.69, 9.17) is 0 Å². The van der Waals surface area contributed by atoms with Crippen LogP contribution in [0.3, 0.4) is 0 Å². The van der Waals surface area contributed by atoms with Crippen molar-refractivity contribution in [3.8, 4) is 0 Å². The van der Waals surface area contributed by atoms with Crippen molar-refractivity contribution < 1.29 is 21.6 Å². The fourth-order valence-electron chi connectivity index (χ4n) is 1.84. The van der Waals surface area contributed by atoms with E-state index in [1.807, 2.05) is 30.3 Å². The third kappa shape index (κ3) is 4.42. The normalized spacial score (nSPS) is 12.1. The maximum absolute atomic E-state index is 12.7. The van der Waals surface area contributed by atoms with Crippen LogP contribution in [0.5, 0.6) is 0 Å². The number of thioether (sulfide) groups is 1. The molecule has 0 aliphatic carbocycles. The molecule has 0 aliphatic heterocycles. The Balaban J connectivity index is 2.04. The number of benzene rings is 2. The van der Waals surface area contributed by atoms with E-state index in [9.17, 15) is 21.6 Å². The molecule has 124 valence electrons. The zero-order valence-electron chi connectivity index (χ0n) is 11.9. The molecule has 2 rings (SSSR count). The molecule has 0 amide bonds. The van der Waals surface area contributed by atoms with Crippen molar-refractivity contribution in [2.24, 2.45) is 0 Å². The zero-order valence-corrected chi connectivity index (χ0v) is 13.5. The van der Waals surface area contributed by atoms with Gasteiger partial charge in [0.1, 0.15) is 0 Å². The van der Waals surface area contributed by atoms with E-state index >= 15 is 0 Å². The summed E-state index contributed by atoms with van der Waals surface area (Å²) in [5.41, 5.74) is -5.36. The fourth-order valence-corrected chi connectivity index (χ4v) is 3.57. The Morgan fingerprint density at radius 1 is 0.957 bits per heavy atom. The van der Waals surface area contributed by atoms with Crippen molar-refractivity contribution >= 4 is 27.3 Å². The molecule has 0 radical (unpaired) electrons. The van der Waals surface area contributed by atoms with E-state index < -0.39 is 20.2 Å². The predicted molar refractivity (Wildman–Crippen MR) is 85.3 cm³/mol. The van der Waals surface area contributed by atoms with Crippen LogP contribution >= 0.6 is 11.8 Å². The van der Waals surface area contributed by atoms with Gasteiger partial charge >= 0.3 is 5.51 Å². The van der Waals surface area contributed by atoms with Crippen molar-refractivity contribution in [2.45, 2.75) is 15.3 Å². The smallest absolute Gasteiger partial charge is 0.383 e. The summed E-state index contributed by atoms with van der Waals surface area (Å²) in [5.74, 6) is 0.588. The molecule has 23 heavy (non-hydrogen) atoms. The minimum absolute atomic E-state index is 0.0431. The molecule has 3 nitrogen and oxygen atoms in total. The highest BCUT2D eigenvalue weighted by atomic mass is 32.2. The van der Waals surface area contributed by atoms with E-state index in [0.29, 0.717) is 12.3 Å². The van der Waals surface area contributed by atoms with Gasteiger partial charge in [0.2, 0.25) is 0 Å². The Hall–Kier alpha value is -1.67. The van der Waals surface area contributed by atoms with Crippen LogP contribution in [0.15, 0.2) is 64.4 Å². The fraction of sp³-hybridized carbons (Fsp3) is 0.200. The quantitative estimate of drug-likeness (QED) is 0.619. The number of rotatable bonds is 6. The molecule has 0 saturated carbocycles. The van der Waals surface area contributed by atoms with Crippen LogP contribution in [0.1, 0.15) is 0 Å². The summed E-state index contributed by atoms with van der Waals surface area (Å²) < 4.78 is 61.2. The number of anilines is 1. The average molecular weight is 361 g/mol. The lowest BCUT2D eigenvalue weighted by molar-refractivity contribution is -0.0435. The number of nitrogens with one attached hydrogen (secondary N) is 1. The predicted octanol–water partition coefficient (Wildman–Crippen LogP) is 4.18. The van der Waals surface area contributed by atoms with Gasteiger partial charge in [0.25, 0.3) is 9.84 Å². The second-order valence-corrected chi connectivity index (χ2v) is 7.61. The number of halogens is 3. The van der Waals surface area contributed by atoms with Crippen LogP contribution in [0.25, 0.3) is 0 Å². The van der Waals surface area contributed by atoms with Gasteiger partial charge in [0.15, 0.2) is 0 Å². The van der Waals surface area contributed by atoms with Crippen molar-refractivity contribution in [2.75, 3.05) is 17.6 Å². The lowest BCUT2D eigenvalue weighted by Crippen LogP contribution is -2.24. The van der Waals surface area contributed by atoms with E-state index in [0.717, 1.165) is 11.0 Å². The lowest BCUT2D eigenvalue weighted by Gasteiger charge is -2.14. The Bertz CT molecular complexity index is 747. The van der Waals surface area contributed by atoms with Gasteiger partial charge in [0, 0.05) is 17.2 Å². The molecule has 0 aliphatic rings. The average Bonchev–Trinajstić information content (AvgIpc) is 2.52. The van der Waals surface area contributed by atoms with Gasteiger partial charge in [-0.1, -0.05) is 30.3 Å². The summed E-state index contributed by atoms with van der Waals surface area (Å²) in [6.45, 7) is 0.337. The monoisotopic (exact) mass is 361 g/mol. The molecule has 2 aromatic carbocycles. The van der Waals surface area contributed by atoms with Crippen molar-refractivity contribution in [1.29, 1.82) is 0 Å². The third-order valence-electron chi connectivity index (χ3n) is 2.91. The molecule has 0 fully saturated rings. The van der Waals surface area contributed by atoms with Gasteiger partial charge in [-0.3, -0.25) is 0 Å². The van der Waals surface area contributed by atoms with Crippen molar-refractivity contribution in [1.82, 2.24) is 0 Å². The molecule has 8 heteroatoms. The number of alkyl halides is 3. The highest BCUT2D eigenvalue weighted by Crippen LogP contribution is 2.34. The maximum Gasteiger partial charge on any atom is 0.501 e. The Morgan fingerprint density at radius 2 is 1.57 bits per heavy atom. The highest BCUT2D eigenvalue weighted by Gasteiger charge is 2.47. The third-order valence-corrected chi connectivity index (χ3v) is 5.47. The van der Waals surface area contributed by atoms with Crippen molar-refractivity contribution in [3.05, 3.63) is 54.6 Å². The van der Waals surface area contributed by atoms with Gasteiger partial charge in [-0.05, 0) is 24.3 Å². The Morgan fingerprint density at radius 3 is 2.22 bits per heavy atom. The summed E-state index contributed by atoms with van der Waals surface area (Å²) in [5, 5.41) is 2.76. The molecule has 0 saturated heterocycles. The summed E-state index contributed by atoms with van der Waals surface area (Å²) in [6, 6.07) is 14.5.